The Morgan fingerprint density at radius 1 is 1.42 bits per heavy atom. The summed E-state index contributed by atoms with van der Waals surface area (Å²) in [6.07, 6.45) is 0. The van der Waals surface area contributed by atoms with Gasteiger partial charge in [0.25, 0.3) is 0 Å². The first kappa shape index (κ1) is 7.21. The van der Waals surface area contributed by atoms with Gasteiger partial charge in [-0.2, -0.15) is 4.39 Å². The van der Waals surface area contributed by atoms with E-state index in [1.807, 2.05) is 0 Å². The van der Waals surface area contributed by atoms with Crippen LogP contribution >= 0.6 is 0 Å². The number of nitrogens with one attached hydrogen (secondary N) is 1. The Balaban J connectivity index is 2.33. The van der Waals surface area contributed by atoms with E-state index in [1.54, 1.807) is 12.1 Å². The Morgan fingerprint density at radius 2 is 2.33 bits per heavy atom. The van der Waals surface area contributed by atoms with Crippen molar-refractivity contribution in [2.24, 2.45) is 4.99 Å². The van der Waals surface area contributed by atoms with Gasteiger partial charge in [-0.3, -0.25) is 4.99 Å². The number of hydrogen-bond acceptors (Lipinski definition) is 3. The van der Waals surface area contributed by atoms with Gasteiger partial charge in [-0.05, 0) is 12.1 Å². The standard InChI is InChI=1S/C8H8FN3/c9-7-3-1-2-6(12-7)8-10-4-5-11-8/h1-3H,4-5H2,(H,10,11). The molecule has 1 aliphatic heterocycles. The predicted molar refractivity (Wildman–Crippen MR) is 43.6 cm³/mol. The number of amidine groups is 1. The van der Waals surface area contributed by atoms with Crippen molar-refractivity contribution in [3.8, 4) is 0 Å². The smallest absolute Gasteiger partial charge is 0.213 e. The van der Waals surface area contributed by atoms with Crippen LogP contribution in [0.3, 0.4) is 0 Å². The van der Waals surface area contributed by atoms with E-state index in [9.17, 15) is 4.39 Å². The minimum atomic E-state index is -0.469. The summed E-state index contributed by atoms with van der Waals surface area (Å²) < 4.78 is 12.6. The fraction of sp³-hybridized carbons (Fsp3) is 0.250. The molecule has 0 aliphatic carbocycles. The van der Waals surface area contributed by atoms with Crippen LogP contribution in [0.25, 0.3) is 0 Å². The van der Waals surface area contributed by atoms with Gasteiger partial charge in [0.15, 0.2) is 0 Å². The van der Waals surface area contributed by atoms with Gasteiger partial charge >= 0.3 is 0 Å². The highest BCUT2D eigenvalue weighted by Crippen LogP contribution is 2.00. The SMILES string of the molecule is Fc1cccc(C2=NCCN2)n1. The first-order valence-electron chi connectivity index (χ1n) is 3.77. The second kappa shape index (κ2) is 2.89. The third-order valence-corrected chi connectivity index (χ3v) is 1.63. The zero-order valence-electron chi connectivity index (χ0n) is 6.42. The summed E-state index contributed by atoms with van der Waals surface area (Å²) in [5, 5.41) is 3.02. The molecule has 0 saturated carbocycles. The molecule has 62 valence electrons. The Labute approximate surface area is 69.4 Å². The number of hydrogen-bond donors (Lipinski definition) is 1. The lowest BCUT2D eigenvalue weighted by Crippen LogP contribution is -2.20. The van der Waals surface area contributed by atoms with E-state index in [4.69, 9.17) is 0 Å². The molecule has 0 unspecified atom stereocenters. The van der Waals surface area contributed by atoms with Crippen LogP contribution in [0.15, 0.2) is 23.2 Å². The number of aromatic nitrogens is 1. The van der Waals surface area contributed by atoms with Crippen LogP contribution in [0.4, 0.5) is 4.39 Å². The average molecular weight is 165 g/mol. The van der Waals surface area contributed by atoms with Crippen LogP contribution in [0, 0.1) is 5.95 Å². The van der Waals surface area contributed by atoms with Gasteiger partial charge in [-0.1, -0.05) is 6.07 Å². The van der Waals surface area contributed by atoms with E-state index in [0.29, 0.717) is 11.5 Å². The topological polar surface area (TPSA) is 37.3 Å². The first-order chi connectivity index (χ1) is 5.86. The first-order valence-corrected chi connectivity index (χ1v) is 3.77. The summed E-state index contributed by atoms with van der Waals surface area (Å²) in [6, 6.07) is 4.68. The van der Waals surface area contributed by atoms with Gasteiger partial charge in [-0.15, -0.1) is 0 Å². The Morgan fingerprint density at radius 3 is 3.00 bits per heavy atom. The van der Waals surface area contributed by atoms with E-state index >= 15 is 0 Å². The number of rotatable bonds is 1. The van der Waals surface area contributed by atoms with Crippen LogP contribution in [-0.2, 0) is 0 Å². The molecule has 4 heteroatoms. The maximum atomic E-state index is 12.6. The lowest BCUT2D eigenvalue weighted by Gasteiger charge is -1.99. The summed E-state index contributed by atoms with van der Waals surface area (Å²) in [7, 11) is 0. The van der Waals surface area contributed by atoms with Crippen molar-refractivity contribution in [2.75, 3.05) is 13.1 Å². The number of nitrogens with zero attached hydrogens (tertiary/aromatic N) is 2. The summed E-state index contributed by atoms with van der Waals surface area (Å²) in [6.45, 7) is 1.56. The highest BCUT2D eigenvalue weighted by atomic mass is 19.1. The second-order valence-electron chi connectivity index (χ2n) is 2.50. The molecule has 0 spiro atoms. The third kappa shape index (κ3) is 1.28. The monoisotopic (exact) mass is 165 g/mol. The molecule has 0 bridgehead atoms. The highest BCUT2D eigenvalue weighted by Gasteiger charge is 2.08. The van der Waals surface area contributed by atoms with Crippen molar-refractivity contribution in [3.63, 3.8) is 0 Å². The molecule has 0 saturated heterocycles. The number of aliphatic imine (C=N–C) groups is 1. The maximum Gasteiger partial charge on any atom is 0.213 e. The molecule has 3 nitrogen and oxygen atoms in total. The van der Waals surface area contributed by atoms with Crippen molar-refractivity contribution >= 4 is 5.84 Å². The van der Waals surface area contributed by atoms with Crippen LogP contribution in [0.1, 0.15) is 5.69 Å². The molecular formula is C8H8FN3. The normalized spacial score (nSPS) is 15.6. The number of halogens is 1. The lowest BCUT2D eigenvalue weighted by molar-refractivity contribution is 0.582. The molecule has 0 aromatic carbocycles. The highest BCUT2D eigenvalue weighted by molar-refractivity contribution is 5.97. The van der Waals surface area contributed by atoms with Gasteiger partial charge < -0.3 is 5.32 Å². The Hall–Kier alpha value is -1.45. The van der Waals surface area contributed by atoms with Crippen molar-refractivity contribution in [2.45, 2.75) is 0 Å². The predicted octanol–water partition coefficient (Wildman–Crippen LogP) is 0.570. The fourth-order valence-electron chi connectivity index (χ4n) is 1.11. The van der Waals surface area contributed by atoms with E-state index in [0.717, 1.165) is 13.1 Å². The van der Waals surface area contributed by atoms with Gasteiger partial charge in [0.1, 0.15) is 11.5 Å². The molecule has 0 amide bonds. The molecule has 2 rings (SSSR count). The summed E-state index contributed by atoms with van der Waals surface area (Å²) in [5.74, 6) is 0.221. The lowest BCUT2D eigenvalue weighted by atomic mass is 10.3. The minimum Gasteiger partial charge on any atom is -0.367 e. The fourth-order valence-corrected chi connectivity index (χ4v) is 1.11. The molecular weight excluding hydrogens is 157 g/mol. The summed E-state index contributed by atoms with van der Waals surface area (Å²) >= 11 is 0. The van der Waals surface area contributed by atoms with Crippen LogP contribution in [0.2, 0.25) is 0 Å². The van der Waals surface area contributed by atoms with E-state index in [2.05, 4.69) is 15.3 Å². The number of pyridine rings is 1. The zero-order chi connectivity index (χ0) is 8.39. The molecule has 0 atom stereocenters. The van der Waals surface area contributed by atoms with Crippen LogP contribution in [-0.4, -0.2) is 23.9 Å². The Bertz CT molecular complexity index is 322. The van der Waals surface area contributed by atoms with Gasteiger partial charge in [0.05, 0.1) is 6.54 Å². The van der Waals surface area contributed by atoms with Gasteiger partial charge in [0.2, 0.25) is 5.95 Å². The van der Waals surface area contributed by atoms with E-state index in [1.165, 1.54) is 6.07 Å². The zero-order valence-corrected chi connectivity index (χ0v) is 6.42. The summed E-state index contributed by atoms with van der Waals surface area (Å²) in [5.41, 5.74) is 0.576. The summed E-state index contributed by atoms with van der Waals surface area (Å²) in [4.78, 5) is 7.82. The van der Waals surface area contributed by atoms with Crippen LogP contribution in [0.5, 0.6) is 0 Å². The molecule has 1 N–H and O–H groups in total. The maximum absolute atomic E-state index is 12.6. The third-order valence-electron chi connectivity index (χ3n) is 1.63. The van der Waals surface area contributed by atoms with Crippen molar-refractivity contribution < 1.29 is 4.39 Å². The molecule has 12 heavy (non-hydrogen) atoms. The molecule has 1 aromatic rings. The van der Waals surface area contributed by atoms with Gasteiger partial charge in [0, 0.05) is 6.54 Å². The minimum absolute atomic E-state index is 0.469. The quantitative estimate of drug-likeness (QED) is 0.618. The van der Waals surface area contributed by atoms with Crippen molar-refractivity contribution in [1.29, 1.82) is 0 Å². The molecule has 1 aromatic heterocycles. The average Bonchev–Trinajstić information content (AvgIpc) is 2.56. The molecule has 0 radical (unpaired) electrons. The van der Waals surface area contributed by atoms with Gasteiger partial charge in [-0.25, -0.2) is 4.98 Å². The largest absolute Gasteiger partial charge is 0.367 e. The van der Waals surface area contributed by atoms with Crippen LogP contribution < -0.4 is 5.32 Å². The van der Waals surface area contributed by atoms with Crippen molar-refractivity contribution in [3.05, 3.63) is 29.8 Å². The molecule has 0 fully saturated rings. The van der Waals surface area contributed by atoms with Crippen molar-refractivity contribution in [1.82, 2.24) is 10.3 Å². The van der Waals surface area contributed by atoms with E-state index in [-0.39, 0.29) is 0 Å². The van der Waals surface area contributed by atoms with E-state index < -0.39 is 5.95 Å². The Kier molecular flexibility index (Phi) is 1.74. The second-order valence-corrected chi connectivity index (χ2v) is 2.50. The molecule has 1 aliphatic rings. The molecule has 2 heterocycles.